The number of rotatable bonds is 5. The molecule has 1 aromatic heterocycles. The molecule has 0 aliphatic rings. The van der Waals surface area contributed by atoms with E-state index in [-0.39, 0.29) is 5.56 Å². The minimum Gasteiger partial charge on any atom is -0.478 e. The van der Waals surface area contributed by atoms with Crippen molar-refractivity contribution in [2.45, 2.75) is 26.3 Å². The van der Waals surface area contributed by atoms with Crippen LogP contribution in [0.15, 0.2) is 24.4 Å². The first-order valence-corrected chi connectivity index (χ1v) is 5.99. The number of nitrogens with zero attached hydrogens (tertiary/aromatic N) is 1. The van der Waals surface area contributed by atoms with Crippen molar-refractivity contribution in [2.75, 3.05) is 0 Å². The summed E-state index contributed by atoms with van der Waals surface area (Å²) in [5.41, 5.74) is 1.43. The van der Waals surface area contributed by atoms with E-state index >= 15 is 0 Å². The quantitative estimate of drug-likeness (QED) is 0.824. The Morgan fingerprint density at radius 1 is 1.44 bits per heavy atom. The molecule has 0 amide bonds. The van der Waals surface area contributed by atoms with E-state index in [9.17, 15) is 14.7 Å². The van der Waals surface area contributed by atoms with Crippen LogP contribution in [0, 0.1) is 0 Å². The molecule has 0 aliphatic heterocycles. The Morgan fingerprint density at radius 3 is 2.83 bits per heavy atom. The highest BCUT2D eigenvalue weighted by molar-refractivity contribution is 6.07. The van der Waals surface area contributed by atoms with Gasteiger partial charge in [0, 0.05) is 23.7 Å². The maximum Gasteiger partial charge on any atom is 0.337 e. The number of carbonyl (C=O) groups is 2. The summed E-state index contributed by atoms with van der Waals surface area (Å²) in [4.78, 5) is 22.3. The normalized spacial score (nSPS) is 10.7. The monoisotopic (exact) mass is 245 g/mol. The molecule has 18 heavy (non-hydrogen) atoms. The molecule has 4 nitrogen and oxygen atoms in total. The number of aromatic carboxylic acids is 1. The van der Waals surface area contributed by atoms with E-state index in [1.807, 2.05) is 4.57 Å². The highest BCUT2D eigenvalue weighted by Gasteiger charge is 2.15. The van der Waals surface area contributed by atoms with Crippen molar-refractivity contribution < 1.29 is 14.7 Å². The number of unbranched alkanes of at least 4 members (excludes halogenated alkanes) is 1. The average Bonchev–Trinajstić information content (AvgIpc) is 2.74. The second kappa shape index (κ2) is 5.04. The van der Waals surface area contributed by atoms with Crippen molar-refractivity contribution >= 4 is 23.2 Å². The van der Waals surface area contributed by atoms with Gasteiger partial charge in [-0.3, -0.25) is 4.79 Å². The van der Waals surface area contributed by atoms with E-state index < -0.39 is 5.97 Å². The molecule has 1 N–H and O–H groups in total. The van der Waals surface area contributed by atoms with Crippen molar-refractivity contribution in [1.29, 1.82) is 0 Å². The Kier molecular flexibility index (Phi) is 3.46. The number of aldehydes is 1. The van der Waals surface area contributed by atoms with Crippen LogP contribution in [-0.4, -0.2) is 21.9 Å². The maximum absolute atomic E-state index is 11.2. The van der Waals surface area contributed by atoms with Crippen LogP contribution in [-0.2, 0) is 6.54 Å². The second-order valence-corrected chi connectivity index (χ2v) is 4.26. The summed E-state index contributed by atoms with van der Waals surface area (Å²) in [7, 11) is 0. The lowest BCUT2D eigenvalue weighted by Gasteiger charge is -2.06. The van der Waals surface area contributed by atoms with Gasteiger partial charge in [-0.1, -0.05) is 25.5 Å². The Labute approximate surface area is 105 Å². The van der Waals surface area contributed by atoms with Crippen LogP contribution >= 0.6 is 0 Å². The summed E-state index contributed by atoms with van der Waals surface area (Å²) in [6, 6.07) is 5.03. The molecular weight excluding hydrogens is 230 g/mol. The average molecular weight is 245 g/mol. The Bertz CT molecular complexity index is 598. The molecule has 0 aliphatic carbocycles. The minimum atomic E-state index is -0.964. The smallest absolute Gasteiger partial charge is 0.337 e. The highest BCUT2D eigenvalue weighted by Crippen LogP contribution is 2.24. The topological polar surface area (TPSA) is 59.3 Å². The maximum atomic E-state index is 11.2. The highest BCUT2D eigenvalue weighted by atomic mass is 16.4. The predicted molar refractivity (Wildman–Crippen MR) is 69.2 cm³/mol. The van der Waals surface area contributed by atoms with Gasteiger partial charge in [-0.2, -0.15) is 0 Å². The molecule has 0 atom stereocenters. The van der Waals surface area contributed by atoms with Crippen molar-refractivity contribution in [3.8, 4) is 0 Å². The lowest BCUT2D eigenvalue weighted by Crippen LogP contribution is -2.03. The molecule has 0 radical (unpaired) electrons. The third-order valence-electron chi connectivity index (χ3n) is 3.04. The Balaban J connectivity index is 2.68. The lowest BCUT2D eigenvalue weighted by molar-refractivity contribution is 0.0698. The van der Waals surface area contributed by atoms with Gasteiger partial charge in [0.05, 0.1) is 11.1 Å². The van der Waals surface area contributed by atoms with Gasteiger partial charge >= 0.3 is 5.97 Å². The van der Waals surface area contributed by atoms with Crippen LogP contribution in [0.3, 0.4) is 0 Å². The number of benzene rings is 1. The minimum absolute atomic E-state index is 0.247. The van der Waals surface area contributed by atoms with E-state index in [1.165, 1.54) is 0 Å². The number of hydrogen-bond donors (Lipinski definition) is 1. The first-order valence-electron chi connectivity index (χ1n) is 5.99. The number of carbonyl (C=O) groups excluding carboxylic acids is 1. The summed E-state index contributed by atoms with van der Waals surface area (Å²) in [6.45, 7) is 2.80. The summed E-state index contributed by atoms with van der Waals surface area (Å²) >= 11 is 0. The molecule has 0 saturated heterocycles. The summed E-state index contributed by atoms with van der Waals surface area (Å²) < 4.78 is 1.87. The fourth-order valence-electron chi connectivity index (χ4n) is 2.16. The first-order chi connectivity index (χ1) is 8.69. The number of carboxylic acids is 1. The summed E-state index contributed by atoms with van der Waals surface area (Å²) in [5, 5.41) is 9.92. The van der Waals surface area contributed by atoms with E-state index in [0.717, 1.165) is 25.7 Å². The molecule has 0 fully saturated rings. The van der Waals surface area contributed by atoms with Gasteiger partial charge in [-0.05, 0) is 12.5 Å². The van der Waals surface area contributed by atoms with Gasteiger partial charge in [0.15, 0.2) is 6.29 Å². The summed E-state index contributed by atoms with van der Waals surface area (Å²) in [5.74, 6) is -0.964. The standard InChI is InChI=1S/C14H15NO3/c1-2-3-7-15-8-10(9-16)11-5-4-6-12(13(11)15)14(17)18/h4-6,8-9H,2-3,7H2,1H3,(H,17,18). The van der Waals surface area contributed by atoms with Crippen molar-refractivity contribution in [2.24, 2.45) is 0 Å². The van der Waals surface area contributed by atoms with E-state index in [1.54, 1.807) is 24.4 Å². The van der Waals surface area contributed by atoms with Gasteiger partial charge < -0.3 is 9.67 Å². The number of para-hydroxylation sites is 1. The zero-order chi connectivity index (χ0) is 13.1. The fraction of sp³-hybridized carbons (Fsp3) is 0.286. The van der Waals surface area contributed by atoms with Gasteiger partial charge in [0.1, 0.15) is 0 Å². The number of carboxylic acid groups (broad SMARTS) is 1. The first kappa shape index (κ1) is 12.4. The molecule has 1 aromatic carbocycles. The number of aryl methyl sites for hydroxylation is 1. The van der Waals surface area contributed by atoms with Crippen molar-refractivity contribution in [1.82, 2.24) is 4.57 Å². The van der Waals surface area contributed by atoms with Gasteiger partial charge in [-0.15, -0.1) is 0 Å². The molecule has 0 bridgehead atoms. The van der Waals surface area contributed by atoms with Gasteiger partial charge in [-0.25, -0.2) is 4.79 Å². The van der Waals surface area contributed by atoms with Gasteiger partial charge in [0.2, 0.25) is 0 Å². The third kappa shape index (κ3) is 2.01. The van der Waals surface area contributed by atoms with Crippen molar-refractivity contribution in [3.05, 3.63) is 35.5 Å². The second-order valence-electron chi connectivity index (χ2n) is 4.26. The Morgan fingerprint density at radius 2 is 2.22 bits per heavy atom. The molecular formula is C14H15NO3. The van der Waals surface area contributed by atoms with E-state index in [0.29, 0.717) is 16.5 Å². The van der Waals surface area contributed by atoms with Crippen LogP contribution in [0.2, 0.25) is 0 Å². The molecule has 94 valence electrons. The summed E-state index contributed by atoms with van der Waals surface area (Å²) in [6.07, 6.45) is 4.48. The predicted octanol–water partition coefficient (Wildman–Crippen LogP) is 2.95. The molecule has 0 spiro atoms. The van der Waals surface area contributed by atoms with Crippen LogP contribution in [0.5, 0.6) is 0 Å². The number of hydrogen-bond acceptors (Lipinski definition) is 2. The van der Waals surface area contributed by atoms with Crippen LogP contribution < -0.4 is 0 Å². The van der Waals surface area contributed by atoms with Gasteiger partial charge in [0.25, 0.3) is 0 Å². The third-order valence-corrected chi connectivity index (χ3v) is 3.04. The largest absolute Gasteiger partial charge is 0.478 e. The molecule has 2 aromatic rings. The van der Waals surface area contributed by atoms with Crippen molar-refractivity contribution in [3.63, 3.8) is 0 Å². The zero-order valence-corrected chi connectivity index (χ0v) is 10.2. The fourth-order valence-corrected chi connectivity index (χ4v) is 2.16. The zero-order valence-electron chi connectivity index (χ0n) is 10.2. The van der Waals surface area contributed by atoms with E-state index in [2.05, 4.69) is 6.92 Å². The lowest BCUT2D eigenvalue weighted by atomic mass is 10.1. The van der Waals surface area contributed by atoms with Crippen LogP contribution in [0.4, 0.5) is 0 Å². The van der Waals surface area contributed by atoms with E-state index in [4.69, 9.17) is 0 Å². The molecule has 2 rings (SSSR count). The molecule has 1 heterocycles. The SMILES string of the molecule is CCCCn1cc(C=O)c2cccc(C(=O)O)c21. The number of aromatic nitrogens is 1. The van der Waals surface area contributed by atoms with Crippen LogP contribution in [0.1, 0.15) is 40.5 Å². The molecule has 0 saturated carbocycles. The molecule has 4 heteroatoms. The number of fused-ring (bicyclic) bond motifs is 1. The van der Waals surface area contributed by atoms with Crippen LogP contribution in [0.25, 0.3) is 10.9 Å². The Hall–Kier alpha value is -2.10. The molecule has 0 unspecified atom stereocenters.